The van der Waals surface area contributed by atoms with Gasteiger partial charge in [-0.05, 0) is 18.3 Å². The Morgan fingerprint density at radius 3 is 1.74 bits per heavy atom. The van der Waals surface area contributed by atoms with Crippen molar-refractivity contribution in [1.82, 2.24) is 5.32 Å². The monoisotopic (exact) mass is 525 g/mol. The summed E-state index contributed by atoms with van der Waals surface area (Å²) < 4.78 is 0. The molecule has 0 spiro atoms. The van der Waals surface area contributed by atoms with Gasteiger partial charge in [0.05, 0.1) is 0 Å². The van der Waals surface area contributed by atoms with Gasteiger partial charge in [0.1, 0.15) is 5.76 Å². The van der Waals surface area contributed by atoms with Crippen LogP contribution in [0.2, 0.25) is 0 Å². The van der Waals surface area contributed by atoms with Crippen molar-refractivity contribution in [2.24, 2.45) is 5.41 Å². The molecule has 0 atom stereocenters. The van der Waals surface area contributed by atoms with Crippen LogP contribution in [0.3, 0.4) is 0 Å². The van der Waals surface area contributed by atoms with E-state index in [-0.39, 0.29) is 29.2 Å². The Labute approximate surface area is 230 Å². The maximum atomic E-state index is 12.6. The number of amides is 1. The standard InChI is InChI=1S/C33H51NO4/c1-4-5-6-7-8-9-10-11-12-13-14-15-16-17-18-23-29(35)34-25-33(2,3)24-28-30(36)26-21-19-20-22-27(26)31(37)32(28)38/h19-22,36H,4-18,23-25H2,1-3H3,(H,34,35). The van der Waals surface area contributed by atoms with Crippen molar-refractivity contribution in [3.05, 3.63) is 41.0 Å². The van der Waals surface area contributed by atoms with Crippen LogP contribution in [0.15, 0.2) is 29.8 Å². The summed E-state index contributed by atoms with van der Waals surface area (Å²) in [7, 11) is 0. The van der Waals surface area contributed by atoms with Crippen LogP contribution in [-0.2, 0) is 9.59 Å². The average molecular weight is 526 g/mol. The number of nitrogens with one attached hydrogen (secondary N) is 1. The zero-order valence-electron chi connectivity index (χ0n) is 24.2. The van der Waals surface area contributed by atoms with Gasteiger partial charge in [-0.3, -0.25) is 14.4 Å². The highest BCUT2D eigenvalue weighted by atomic mass is 16.3. The topological polar surface area (TPSA) is 83.5 Å². The third kappa shape index (κ3) is 11.1. The number of ketones is 2. The molecule has 1 aliphatic carbocycles. The predicted molar refractivity (Wildman–Crippen MR) is 156 cm³/mol. The van der Waals surface area contributed by atoms with E-state index >= 15 is 0 Å². The summed E-state index contributed by atoms with van der Waals surface area (Å²) in [6.45, 7) is 6.50. The Hall–Kier alpha value is -2.43. The van der Waals surface area contributed by atoms with Crippen LogP contribution in [0.25, 0.3) is 5.76 Å². The van der Waals surface area contributed by atoms with Gasteiger partial charge in [-0.1, -0.05) is 135 Å². The van der Waals surface area contributed by atoms with E-state index in [2.05, 4.69) is 12.2 Å². The number of aliphatic hydroxyl groups excluding tert-OH is 1. The minimum atomic E-state index is -0.654. The normalized spacial score (nSPS) is 13.7. The molecule has 1 aromatic carbocycles. The summed E-state index contributed by atoms with van der Waals surface area (Å²) in [5, 5.41) is 13.7. The van der Waals surface area contributed by atoms with Crippen molar-refractivity contribution in [3.63, 3.8) is 0 Å². The van der Waals surface area contributed by atoms with Gasteiger partial charge in [0, 0.05) is 29.7 Å². The molecule has 0 aliphatic heterocycles. The van der Waals surface area contributed by atoms with E-state index in [0.29, 0.717) is 18.5 Å². The fourth-order valence-electron chi connectivity index (χ4n) is 5.21. The second-order valence-electron chi connectivity index (χ2n) is 11.8. The summed E-state index contributed by atoms with van der Waals surface area (Å²) in [5.41, 5.74) is 0.305. The van der Waals surface area contributed by atoms with E-state index in [0.717, 1.165) is 12.8 Å². The second-order valence-corrected chi connectivity index (χ2v) is 11.8. The summed E-state index contributed by atoms with van der Waals surface area (Å²) in [6, 6.07) is 6.63. The predicted octanol–water partition coefficient (Wildman–Crippen LogP) is 8.52. The van der Waals surface area contributed by atoms with Crippen molar-refractivity contribution < 1.29 is 19.5 Å². The van der Waals surface area contributed by atoms with Gasteiger partial charge < -0.3 is 10.4 Å². The van der Waals surface area contributed by atoms with Gasteiger partial charge >= 0.3 is 0 Å². The first-order valence-electron chi connectivity index (χ1n) is 15.1. The Morgan fingerprint density at radius 1 is 0.737 bits per heavy atom. The highest BCUT2D eigenvalue weighted by Crippen LogP contribution is 2.34. The largest absolute Gasteiger partial charge is 0.507 e. The second kappa shape index (κ2) is 17.2. The molecule has 0 radical (unpaired) electrons. The van der Waals surface area contributed by atoms with Crippen molar-refractivity contribution >= 4 is 23.2 Å². The van der Waals surface area contributed by atoms with Crippen LogP contribution >= 0.6 is 0 Å². The minimum Gasteiger partial charge on any atom is -0.507 e. The summed E-state index contributed by atoms with van der Waals surface area (Å²) >= 11 is 0. The molecule has 0 saturated carbocycles. The first-order valence-corrected chi connectivity index (χ1v) is 15.1. The summed E-state index contributed by atoms with van der Waals surface area (Å²) in [4.78, 5) is 37.5. The van der Waals surface area contributed by atoms with Gasteiger partial charge in [-0.25, -0.2) is 0 Å². The van der Waals surface area contributed by atoms with Gasteiger partial charge in [-0.2, -0.15) is 0 Å². The maximum Gasteiger partial charge on any atom is 0.234 e. The lowest BCUT2D eigenvalue weighted by Crippen LogP contribution is -2.36. The van der Waals surface area contributed by atoms with Crippen LogP contribution in [0.4, 0.5) is 0 Å². The number of Topliss-reactive ketones (excluding diaryl/α,β-unsaturated/α-hetero) is 2. The SMILES string of the molecule is CCCCCCCCCCCCCCCCCC(=O)NCC(C)(C)CC1=C(O)c2ccccc2C(=O)C1=O. The first-order chi connectivity index (χ1) is 18.3. The molecule has 0 fully saturated rings. The third-order valence-electron chi connectivity index (χ3n) is 7.62. The number of fused-ring (bicyclic) bond motifs is 1. The number of aliphatic hydroxyl groups is 1. The molecule has 1 amide bonds. The molecular formula is C33H51NO4. The first kappa shape index (κ1) is 31.8. The van der Waals surface area contributed by atoms with Gasteiger partial charge in [0.15, 0.2) is 0 Å². The zero-order chi connectivity index (χ0) is 27.8. The molecule has 0 bridgehead atoms. The van der Waals surface area contributed by atoms with Crippen LogP contribution in [0, 0.1) is 5.41 Å². The molecule has 212 valence electrons. The van der Waals surface area contributed by atoms with E-state index in [1.165, 1.54) is 83.5 Å². The van der Waals surface area contributed by atoms with Crippen LogP contribution in [0.1, 0.15) is 146 Å². The molecule has 2 N–H and O–H groups in total. The molecule has 38 heavy (non-hydrogen) atoms. The zero-order valence-corrected chi connectivity index (χ0v) is 24.2. The van der Waals surface area contributed by atoms with Crippen molar-refractivity contribution in [2.75, 3.05) is 6.54 Å². The third-order valence-corrected chi connectivity index (χ3v) is 7.62. The number of carbonyl (C=O) groups excluding carboxylic acids is 3. The highest BCUT2D eigenvalue weighted by Gasteiger charge is 2.35. The van der Waals surface area contributed by atoms with E-state index in [4.69, 9.17) is 0 Å². The number of hydrogen-bond acceptors (Lipinski definition) is 4. The highest BCUT2D eigenvalue weighted by molar-refractivity contribution is 6.52. The average Bonchev–Trinajstić information content (AvgIpc) is 2.91. The Kier molecular flexibility index (Phi) is 14.4. The quantitative estimate of drug-likeness (QED) is 0.132. The lowest BCUT2D eigenvalue weighted by atomic mass is 9.79. The smallest absolute Gasteiger partial charge is 0.234 e. The van der Waals surface area contributed by atoms with Crippen LogP contribution < -0.4 is 5.32 Å². The lowest BCUT2D eigenvalue weighted by molar-refractivity contribution is -0.121. The number of unbranched alkanes of at least 4 members (excludes halogenated alkanes) is 14. The number of allylic oxidation sites excluding steroid dienone is 1. The summed E-state index contributed by atoms with van der Waals surface area (Å²) in [6.07, 6.45) is 20.2. The number of carbonyl (C=O) groups is 3. The molecule has 5 heteroatoms. The van der Waals surface area contributed by atoms with Crippen LogP contribution in [-0.4, -0.2) is 29.1 Å². The molecule has 2 rings (SSSR count). The van der Waals surface area contributed by atoms with Crippen molar-refractivity contribution in [2.45, 2.75) is 130 Å². The number of benzene rings is 1. The number of hydrogen-bond donors (Lipinski definition) is 2. The van der Waals surface area contributed by atoms with Gasteiger partial charge in [-0.15, -0.1) is 0 Å². The fraction of sp³-hybridized carbons (Fsp3) is 0.667. The van der Waals surface area contributed by atoms with E-state index in [9.17, 15) is 19.5 Å². The summed E-state index contributed by atoms with van der Waals surface area (Å²) in [5.74, 6) is -1.34. The van der Waals surface area contributed by atoms with E-state index < -0.39 is 17.0 Å². The van der Waals surface area contributed by atoms with Gasteiger partial charge in [0.2, 0.25) is 17.5 Å². The molecule has 1 aromatic rings. The lowest BCUT2D eigenvalue weighted by Gasteiger charge is -2.28. The van der Waals surface area contributed by atoms with Crippen molar-refractivity contribution in [1.29, 1.82) is 0 Å². The fourth-order valence-corrected chi connectivity index (χ4v) is 5.21. The molecular weight excluding hydrogens is 474 g/mol. The molecule has 1 aliphatic rings. The maximum absolute atomic E-state index is 12.6. The number of rotatable bonds is 20. The van der Waals surface area contributed by atoms with E-state index in [1.807, 2.05) is 13.8 Å². The van der Waals surface area contributed by atoms with Crippen LogP contribution in [0.5, 0.6) is 0 Å². The molecule has 0 heterocycles. The molecule has 0 saturated heterocycles. The Balaban J connectivity index is 1.55. The van der Waals surface area contributed by atoms with Crippen molar-refractivity contribution in [3.8, 4) is 0 Å². The van der Waals surface area contributed by atoms with E-state index in [1.54, 1.807) is 24.3 Å². The molecule has 5 nitrogen and oxygen atoms in total. The molecule has 0 unspecified atom stereocenters. The minimum absolute atomic E-state index is 0.0161. The molecule has 0 aromatic heterocycles. The Morgan fingerprint density at radius 2 is 1.21 bits per heavy atom. The van der Waals surface area contributed by atoms with Gasteiger partial charge in [0.25, 0.3) is 0 Å². The Bertz CT molecular complexity index is 931.